The lowest BCUT2D eigenvalue weighted by molar-refractivity contribution is -0.149. The van der Waals surface area contributed by atoms with Crippen molar-refractivity contribution >= 4 is 41.0 Å². The van der Waals surface area contributed by atoms with Crippen LogP contribution in [0.2, 0.25) is 10.0 Å². The van der Waals surface area contributed by atoms with E-state index < -0.39 is 12.0 Å². The van der Waals surface area contributed by atoms with Crippen LogP contribution in [0.25, 0.3) is 0 Å². The van der Waals surface area contributed by atoms with Crippen molar-refractivity contribution in [3.05, 3.63) is 69.7 Å². The van der Waals surface area contributed by atoms with Crippen LogP contribution >= 0.6 is 23.2 Å². The van der Waals surface area contributed by atoms with Gasteiger partial charge in [-0.3, -0.25) is 19.3 Å². The molecule has 1 unspecified atom stereocenters. The van der Waals surface area contributed by atoms with Gasteiger partial charge in [-0.15, -0.1) is 0 Å². The van der Waals surface area contributed by atoms with Gasteiger partial charge < -0.3 is 20.7 Å². The highest BCUT2D eigenvalue weighted by molar-refractivity contribution is 6.42. The van der Waals surface area contributed by atoms with Crippen molar-refractivity contribution in [3.8, 4) is 0 Å². The van der Waals surface area contributed by atoms with E-state index in [4.69, 9.17) is 33.7 Å². The molecule has 2 amide bonds. The van der Waals surface area contributed by atoms with Gasteiger partial charge in [-0.2, -0.15) is 0 Å². The number of esters is 1. The number of nitrogens with two attached hydrogens (primary N) is 1. The molecule has 3 N–H and O–H groups in total. The summed E-state index contributed by atoms with van der Waals surface area (Å²) in [5.41, 5.74) is 8.40. The number of aryl methyl sites for hydroxylation is 1. The molecule has 2 saturated heterocycles. The zero-order valence-corrected chi connectivity index (χ0v) is 25.2. The molecule has 2 fully saturated rings. The molecule has 222 valence electrons. The highest BCUT2D eigenvalue weighted by Gasteiger charge is 2.45. The summed E-state index contributed by atoms with van der Waals surface area (Å²) < 4.78 is 5.32. The predicted octanol–water partition coefficient (Wildman–Crippen LogP) is 4.35. The summed E-state index contributed by atoms with van der Waals surface area (Å²) in [4.78, 5) is 44.0. The molecule has 41 heavy (non-hydrogen) atoms. The van der Waals surface area contributed by atoms with Gasteiger partial charge in [0.2, 0.25) is 11.8 Å². The SMILES string of the molecule is CC(C)OC(=O)CC[C@H](C(=O)NCc1ccc(Cl)c(Cl)c1)N1CCC(CCc2ccccc2)N2C[C@H](N)C[C@H]2C1=O. The van der Waals surface area contributed by atoms with Crippen LogP contribution in [-0.2, 0) is 32.1 Å². The first-order valence-electron chi connectivity index (χ1n) is 14.4. The Morgan fingerprint density at radius 2 is 1.85 bits per heavy atom. The van der Waals surface area contributed by atoms with E-state index in [1.54, 1.807) is 36.9 Å². The van der Waals surface area contributed by atoms with Crippen LogP contribution in [0.15, 0.2) is 48.5 Å². The first-order valence-corrected chi connectivity index (χ1v) is 15.1. The maximum atomic E-state index is 14.0. The monoisotopic (exact) mass is 602 g/mol. The molecule has 0 bridgehead atoms. The van der Waals surface area contributed by atoms with Gasteiger partial charge in [0.15, 0.2) is 0 Å². The highest BCUT2D eigenvalue weighted by Crippen LogP contribution is 2.30. The summed E-state index contributed by atoms with van der Waals surface area (Å²) in [6.07, 6.45) is 2.98. The number of nitrogens with one attached hydrogen (secondary N) is 1. The van der Waals surface area contributed by atoms with E-state index in [1.807, 2.05) is 18.2 Å². The Balaban J connectivity index is 1.52. The summed E-state index contributed by atoms with van der Waals surface area (Å²) in [7, 11) is 0. The number of fused-ring (bicyclic) bond motifs is 1. The van der Waals surface area contributed by atoms with Crippen LogP contribution < -0.4 is 11.1 Å². The molecule has 2 aromatic rings. The van der Waals surface area contributed by atoms with E-state index in [9.17, 15) is 14.4 Å². The minimum Gasteiger partial charge on any atom is -0.463 e. The van der Waals surface area contributed by atoms with E-state index in [1.165, 1.54) is 5.56 Å². The third-order valence-corrected chi connectivity index (χ3v) is 8.58. The van der Waals surface area contributed by atoms with E-state index >= 15 is 0 Å². The predicted molar refractivity (Wildman–Crippen MR) is 161 cm³/mol. The van der Waals surface area contributed by atoms with Gasteiger partial charge >= 0.3 is 5.97 Å². The number of nitrogens with zero attached hydrogens (tertiary/aromatic N) is 2. The van der Waals surface area contributed by atoms with Crippen molar-refractivity contribution in [1.29, 1.82) is 0 Å². The van der Waals surface area contributed by atoms with Crippen molar-refractivity contribution in [2.45, 2.75) is 89.2 Å². The number of benzene rings is 2. The number of amides is 2. The Labute approximate surface area is 252 Å². The molecule has 0 saturated carbocycles. The first kappa shape index (κ1) is 31.3. The molecule has 0 aromatic heterocycles. The minimum absolute atomic E-state index is 0.0259. The minimum atomic E-state index is -0.823. The lowest BCUT2D eigenvalue weighted by atomic mass is 10.0. The number of hydrogen-bond donors (Lipinski definition) is 2. The lowest BCUT2D eigenvalue weighted by Gasteiger charge is -2.32. The van der Waals surface area contributed by atoms with Crippen LogP contribution in [-0.4, -0.2) is 70.9 Å². The molecule has 0 spiro atoms. The molecular formula is C31H40Cl2N4O4. The maximum Gasteiger partial charge on any atom is 0.306 e. The van der Waals surface area contributed by atoms with Gasteiger partial charge in [0.05, 0.1) is 22.2 Å². The van der Waals surface area contributed by atoms with Crippen LogP contribution in [0, 0.1) is 0 Å². The van der Waals surface area contributed by atoms with E-state index in [2.05, 4.69) is 22.3 Å². The summed E-state index contributed by atoms with van der Waals surface area (Å²) >= 11 is 12.2. The summed E-state index contributed by atoms with van der Waals surface area (Å²) in [6, 6.07) is 14.3. The number of halogens is 2. The van der Waals surface area contributed by atoms with Crippen LogP contribution in [0.4, 0.5) is 0 Å². The number of carbonyl (C=O) groups excluding carboxylic acids is 3. The van der Waals surface area contributed by atoms with Crippen molar-refractivity contribution in [2.75, 3.05) is 13.1 Å². The fourth-order valence-corrected chi connectivity index (χ4v) is 6.18. The number of hydrogen-bond acceptors (Lipinski definition) is 6. The normalized spacial score (nSPS) is 21.9. The number of ether oxygens (including phenoxy) is 1. The number of carbonyl (C=O) groups is 3. The lowest BCUT2D eigenvalue weighted by Crippen LogP contribution is -2.53. The second-order valence-electron chi connectivity index (χ2n) is 11.3. The van der Waals surface area contributed by atoms with Crippen molar-refractivity contribution in [1.82, 2.24) is 15.1 Å². The fourth-order valence-electron chi connectivity index (χ4n) is 5.86. The van der Waals surface area contributed by atoms with E-state index in [0.717, 1.165) is 24.8 Å². The van der Waals surface area contributed by atoms with Gasteiger partial charge in [0.1, 0.15) is 6.04 Å². The maximum absolute atomic E-state index is 14.0. The molecule has 2 heterocycles. The molecule has 4 rings (SSSR count). The zero-order valence-electron chi connectivity index (χ0n) is 23.7. The highest BCUT2D eigenvalue weighted by atomic mass is 35.5. The zero-order chi connectivity index (χ0) is 29.5. The molecule has 4 atom stereocenters. The third kappa shape index (κ3) is 8.44. The van der Waals surface area contributed by atoms with Crippen LogP contribution in [0.5, 0.6) is 0 Å². The van der Waals surface area contributed by atoms with Gasteiger partial charge in [0, 0.05) is 38.1 Å². The Morgan fingerprint density at radius 1 is 1.10 bits per heavy atom. The Morgan fingerprint density at radius 3 is 2.56 bits per heavy atom. The Bertz CT molecular complexity index is 1210. The molecular weight excluding hydrogens is 563 g/mol. The molecule has 0 aliphatic carbocycles. The van der Waals surface area contributed by atoms with Crippen molar-refractivity contribution < 1.29 is 19.1 Å². The second-order valence-corrected chi connectivity index (χ2v) is 12.1. The van der Waals surface area contributed by atoms with E-state index in [0.29, 0.717) is 29.6 Å². The summed E-state index contributed by atoms with van der Waals surface area (Å²) in [6.45, 7) is 4.85. The quantitative estimate of drug-likeness (QED) is 0.371. The molecule has 2 aliphatic heterocycles. The van der Waals surface area contributed by atoms with Gasteiger partial charge in [-0.05, 0) is 69.2 Å². The van der Waals surface area contributed by atoms with Crippen molar-refractivity contribution in [3.63, 3.8) is 0 Å². The topological polar surface area (TPSA) is 105 Å². The van der Waals surface area contributed by atoms with Crippen molar-refractivity contribution in [2.24, 2.45) is 5.73 Å². The molecule has 2 aromatic carbocycles. The fraction of sp³-hybridized carbons (Fsp3) is 0.516. The molecule has 0 radical (unpaired) electrons. The average molecular weight is 604 g/mol. The summed E-state index contributed by atoms with van der Waals surface area (Å²) in [5, 5.41) is 3.78. The standard InChI is InChI=1S/C31H40Cl2N4O4/c1-20(2)41-29(38)13-12-27(30(39)35-18-22-9-11-25(32)26(33)16-22)36-15-14-24(10-8-21-6-4-3-5-7-21)37-19-23(34)17-28(37)31(36)40/h3-7,9,11,16,20,23-24,27-28H,8,10,12-15,17-19,34H2,1-2H3,(H,35,39)/t23-,24?,27-,28+/m1/s1. The molecule has 8 nitrogen and oxygen atoms in total. The van der Waals surface area contributed by atoms with E-state index in [-0.39, 0.29) is 55.4 Å². The van der Waals surface area contributed by atoms with Gasteiger partial charge in [-0.1, -0.05) is 59.6 Å². The average Bonchev–Trinajstić information content (AvgIpc) is 3.28. The largest absolute Gasteiger partial charge is 0.463 e. The smallest absolute Gasteiger partial charge is 0.306 e. The third-order valence-electron chi connectivity index (χ3n) is 7.84. The first-order chi connectivity index (χ1) is 19.6. The molecule has 2 aliphatic rings. The van der Waals surface area contributed by atoms with Gasteiger partial charge in [-0.25, -0.2) is 0 Å². The number of rotatable bonds is 11. The summed E-state index contributed by atoms with van der Waals surface area (Å²) in [5.74, 6) is -0.819. The van der Waals surface area contributed by atoms with Crippen LogP contribution in [0.3, 0.4) is 0 Å². The second kappa shape index (κ2) is 14.5. The van der Waals surface area contributed by atoms with Gasteiger partial charge in [0.25, 0.3) is 0 Å². The van der Waals surface area contributed by atoms with Crippen LogP contribution in [0.1, 0.15) is 57.1 Å². The Kier molecular flexibility index (Phi) is 11.1. The molecule has 10 heteroatoms. The Hall–Kier alpha value is -2.65.